The number of benzene rings is 2. The second kappa shape index (κ2) is 8.63. The number of thioether (sulfide) groups is 1. The predicted molar refractivity (Wildman–Crippen MR) is 116 cm³/mol. The standard InChI is InChI=1S/C22H25N3O2S/c1-14-21(16-9-5-6-10-17(16)23-14)22(27)15(2)25(3)13-20(26)24-18-11-7-8-12-19(18)28-4/h5-12,15,23H,13H2,1-4H3,(H,24,26)/t15-/m0/s1. The highest BCUT2D eigenvalue weighted by atomic mass is 32.2. The largest absolute Gasteiger partial charge is 0.358 e. The van der Waals surface area contributed by atoms with Gasteiger partial charge in [-0.3, -0.25) is 14.5 Å². The van der Waals surface area contributed by atoms with E-state index in [2.05, 4.69) is 10.3 Å². The monoisotopic (exact) mass is 395 g/mol. The molecular formula is C22H25N3O2S. The molecule has 0 fully saturated rings. The lowest BCUT2D eigenvalue weighted by molar-refractivity contribution is -0.117. The summed E-state index contributed by atoms with van der Waals surface area (Å²) in [5.41, 5.74) is 3.29. The molecule has 146 valence electrons. The van der Waals surface area contributed by atoms with Gasteiger partial charge in [-0.05, 0) is 45.4 Å². The molecule has 1 heterocycles. The first kappa shape index (κ1) is 20.2. The number of rotatable bonds is 7. The predicted octanol–water partition coefficient (Wildman–Crippen LogP) is 4.34. The maximum absolute atomic E-state index is 13.1. The van der Waals surface area contributed by atoms with Gasteiger partial charge in [0.05, 0.1) is 18.3 Å². The molecule has 6 heteroatoms. The number of ketones is 1. The van der Waals surface area contributed by atoms with Gasteiger partial charge < -0.3 is 10.3 Å². The molecule has 1 amide bonds. The zero-order chi connectivity index (χ0) is 20.3. The smallest absolute Gasteiger partial charge is 0.238 e. The number of nitrogens with zero attached hydrogens (tertiary/aromatic N) is 1. The lowest BCUT2D eigenvalue weighted by Gasteiger charge is -2.23. The van der Waals surface area contributed by atoms with Gasteiger partial charge in [0.1, 0.15) is 0 Å². The highest BCUT2D eigenvalue weighted by Crippen LogP contribution is 2.25. The molecule has 0 aliphatic carbocycles. The van der Waals surface area contributed by atoms with Crippen LogP contribution in [-0.4, -0.2) is 47.5 Å². The van der Waals surface area contributed by atoms with E-state index in [9.17, 15) is 9.59 Å². The summed E-state index contributed by atoms with van der Waals surface area (Å²) >= 11 is 1.58. The number of likely N-dealkylation sites (N-methyl/N-ethyl adjacent to an activating group) is 1. The van der Waals surface area contributed by atoms with Crippen molar-refractivity contribution in [3.05, 3.63) is 59.8 Å². The van der Waals surface area contributed by atoms with Crippen LogP contribution in [-0.2, 0) is 4.79 Å². The van der Waals surface area contributed by atoms with E-state index in [0.717, 1.165) is 27.2 Å². The van der Waals surface area contributed by atoms with E-state index in [4.69, 9.17) is 0 Å². The van der Waals surface area contributed by atoms with Crippen molar-refractivity contribution in [3.8, 4) is 0 Å². The van der Waals surface area contributed by atoms with Gasteiger partial charge in [0, 0.05) is 27.1 Å². The van der Waals surface area contributed by atoms with E-state index in [1.54, 1.807) is 23.7 Å². The number of carbonyl (C=O) groups excluding carboxylic acids is 2. The Bertz CT molecular complexity index is 1010. The van der Waals surface area contributed by atoms with Crippen LogP contribution >= 0.6 is 11.8 Å². The topological polar surface area (TPSA) is 65.2 Å². The van der Waals surface area contributed by atoms with Crippen molar-refractivity contribution < 1.29 is 9.59 Å². The number of Topliss-reactive ketones (excluding diaryl/α,β-unsaturated/α-hetero) is 1. The molecule has 0 unspecified atom stereocenters. The molecule has 0 radical (unpaired) electrons. The lowest BCUT2D eigenvalue weighted by Crippen LogP contribution is -2.41. The number of para-hydroxylation sites is 2. The summed E-state index contributed by atoms with van der Waals surface area (Å²) < 4.78 is 0. The maximum atomic E-state index is 13.1. The van der Waals surface area contributed by atoms with Gasteiger partial charge >= 0.3 is 0 Å². The molecule has 3 rings (SSSR count). The van der Waals surface area contributed by atoms with E-state index in [-0.39, 0.29) is 18.2 Å². The van der Waals surface area contributed by atoms with Crippen molar-refractivity contribution in [3.63, 3.8) is 0 Å². The number of nitrogens with one attached hydrogen (secondary N) is 2. The quantitative estimate of drug-likeness (QED) is 0.461. The zero-order valence-electron chi connectivity index (χ0n) is 16.6. The highest BCUT2D eigenvalue weighted by Gasteiger charge is 2.25. The summed E-state index contributed by atoms with van der Waals surface area (Å²) in [6, 6.07) is 15.1. The van der Waals surface area contributed by atoms with Crippen LogP contribution in [0.4, 0.5) is 5.69 Å². The Morgan fingerprint density at radius 1 is 1.14 bits per heavy atom. The van der Waals surface area contributed by atoms with Crippen molar-refractivity contribution in [2.45, 2.75) is 24.8 Å². The van der Waals surface area contributed by atoms with Crippen molar-refractivity contribution in [2.24, 2.45) is 0 Å². The van der Waals surface area contributed by atoms with Crippen LogP contribution in [0.1, 0.15) is 23.0 Å². The van der Waals surface area contributed by atoms with Crippen LogP contribution in [0, 0.1) is 6.92 Å². The molecule has 3 aromatic rings. The van der Waals surface area contributed by atoms with E-state index in [1.807, 2.05) is 68.6 Å². The van der Waals surface area contributed by atoms with Gasteiger partial charge in [-0.2, -0.15) is 0 Å². The van der Waals surface area contributed by atoms with Crippen LogP contribution in [0.5, 0.6) is 0 Å². The Hall–Kier alpha value is -2.57. The summed E-state index contributed by atoms with van der Waals surface area (Å²) in [4.78, 5) is 31.7. The third-order valence-electron chi connectivity index (χ3n) is 4.95. The minimum atomic E-state index is -0.417. The number of amides is 1. The van der Waals surface area contributed by atoms with Gasteiger partial charge in [0.25, 0.3) is 0 Å². The number of fused-ring (bicyclic) bond motifs is 1. The molecule has 0 saturated heterocycles. The third-order valence-corrected chi connectivity index (χ3v) is 5.75. The van der Waals surface area contributed by atoms with Crippen molar-refractivity contribution >= 4 is 40.0 Å². The molecule has 28 heavy (non-hydrogen) atoms. The second-order valence-electron chi connectivity index (χ2n) is 6.87. The van der Waals surface area contributed by atoms with Crippen molar-refractivity contribution in [1.82, 2.24) is 9.88 Å². The zero-order valence-corrected chi connectivity index (χ0v) is 17.4. The number of aryl methyl sites for hydroxylation is 1. The molecule has 1 atom stereocenters. The summed E-state index contributed by atoms with van der Waals surface area (Å²) in [6.45, 7) is 3.88. The first-order valence-electron chi connectivity index (χ1n) is 9.17. The van der Waals surface area contributed by atoms with Crippen LogP contribution < -0.4 is 5.32 Å². The summed E-state index contributed by atoms with van der Waals surface area (Å²) in [7, 11) is 1.80. The van der Waals surface area contributed by atoms with Gasteiger partial charge in [0.2, 0.25) is 5.91 Å². The van der Waals surface area contributed by atoms with E-state index in [0.29, 0.717) is 5.56 Å². The molecule has 2 N–H and O–H groups in total. The van der Waals surface area contributed by atoms with E-state index >= 15 is 0 Å². The molecule has 0 aliphatic rings. The summed E-state index contributed by atoms with van der Waals surface area (Å²) in [5.74, 6) is -0.130. The van der Waals surface area contributed by atoms with Crippen LogP contribution in [0.2, 0.25) is 0 Å². The summed E-state index contributed by atoms with van der Waals surface area (Å²) in [6.07, 6.45) is 1.97. The number of hydrogen-bond donors (Lipinski definition) is 2. The minimum Gasteiger partial charge on any atom is -0.358 e. The number of aromatic nitrogens is 1. The van der Waals surface area contributed by atoms with Gasteiger partial charge in [0.15, 0.2) is 5.78 Å². The minimum absolute atomic E-state index is 0.00904. The Balaban J connectivity index is 1.71. The Labute approximate surface area is 169 Å². The lowest BCUT2D eigenvalue weighted by atomic mass is 10.0. The second-order valence-corrected chi connectivity index (χ2v) is 7.72. The highest BCUT2D eigenvalue weighted by molar-refractivity contribution is 7.98. The summed E-state index contributed by atoms with van der Waals surface area (Å²) in [5, 5.41) is 3.86. The fraction of sp³-hybridized carbons (Fsp3) is 0.273. The number of H-pyrrole nitrogens is 1. The molecule has 0 aliphatic heterocycles. The molecule has 0 spiro atoms. The number of hydrogen-bond acceptors (Lipinski definition) is 4. The third kappa shape index (κ3) is 4.13. The van der Waals surface area contributed by atoms with Gasteiger partial charge in [-0.1, -0.05) is 30.3 Å². The van der Waals surface area contributed by atoms with Crippen molar-refractivity contribution in [2.75, 3.05) is 25.2 Å². The fourth-order valence-electron chi connectivity index (χ4n) is 3.30. The molecule has 2 aromatic carbocycles. The molecule has 0 saturated carbocycles. The number of anilines is 1. The van der Waals surface area contributed by atoms with Crippen LogP contribution in [0.25, 0.3) is 10.9 Å². The molecule has 0 bridgehead atoms. The SMILES string of the molecule is CSc1ccccc1NC(=O)CN(C)[C@@H](C)C(=O)c1c(C)[nH]c2ccccc12. The first-order chi connectivity index (χ1) is 13.4. The first-order valence-corrected chi connectivity index (χ1v) is 10.4. The Kier molecular flexibility index (Phi) is 6.21. The van der Waals surface area contributed by atoms with Gasteiger partial charge in [-0.15, -0.1) is 11.8 Å². The Morgan fingerprint density at radius 3 is 2.57 bits per heavy atom. The van der Waals surface area contributed by atoms with Crippen molar-refractivity contribution in [1.29, 1.82) is 0 Å². The molecule has 1 aromatic heterocycles. The molecular weight excluding hydrogens is 370 g/mol. The molecule has 5 nitrogen and oxygen atoms in total. The van der Waals surface area contributed by atoms with E-state index < -0.39 is 6.04 Å². The maximum Gasteiger partial charge on any atom is 0.238 e. The normalized spacial score (nSPS) is 12.3. The average Bonchev–Trinajstić information content (AvgIpc) is 3.02. The van der Waals surface area contributed by atoms with Crippen LogP contribution in [0.15, 0.2) is 53.4 Å². The van der Waals surface area contributed by atoms with E-state index in [1.165, 1.54) is 0 Å². The Morgan fingerprint density at radius 2 is 1.82 bits per heavy atom. The van der Waals surface area contributed by atoms with Crippen LogP contribution in [0.3, 0.4) is 0 Å². The van der Waals surface area contributed by atoms with Gasteiger partial charge in [-0.25, -0.2) is 0 Å². The number of carbonyl (C=O) groups is 2. The fourth-order valence-corrected chi connectivity index (χ4v) is 3.86. The average molecular weight is 396 g/mol. The number of aromatic amines is 1.